The van der Waals surface area contributed by atoms with Gasteiger partial charge in [0.2, 0.25) is 0 Å². The maximum Gasteiger partial charge on any atom is 0.123 e. The van der Waals surface area contributed by atoms with Gasteiger partial charge < -0.3 is 14.8 Å². The third-order valence-electron chi connectivity index (χ3n) is 3.74. The Hall–Kier alpha value is -1.22. The number of hydrogen-bond donors (Lipinski definition) is 1. The van der Waals surface area contributed by atoms with E-state index < -0.39 is 0 Å². The molecule has 1 N–H and O–H groups in total. The van der Waals surface area contributed by atoms with E-state index in [4.69, 9.17) is 9.47 Å². The fourth-order valence-corrected chi connectivity index (χ4v) is 2.54. The summed E-state index contributed by atoms with van der Waals surface area (Å²) in [5.74, 6) is 2.92. The van der Waals surface area contributed by atoms with Gasteiger partial charge in [0.25, 0.3) is 0 Å². The Morgan fingerprint density at radius 1 is 1.39 bits per heavy atom. The Labute approximate surface area is 108 Å². The summed E-state index contributed by atoms with van der Waals surface area (Å²) < 4.78 is 11.3. The molecule has 2 aliphatic rings. The molecule has 0 amide bonds. The molecule has 0 saturated heterocycles. The maximum absolute atomic E-state index is 5.80. The van der Waals surface area contributed by atoms with Gasteiger partial charge in [-0.1, -0.05) is 0 Å². The molecular formula is C15H21NO2. The highest BCUT2D eigenvalue weighted by Crippen LogP contribution is 2.35. The van der Waals surface area contributed by atoms with E-state index in [9.17, 15) is 0 Å². The number of rotatable bonds is 5. The minimum Gasteiger partial charge on any atom is -0.496 e. The zero-order valence-corrected chi connectivity index (χ0v) is 11.2. The van der Waals surface area contributed by atoms with E-state index in [-0.39, 0.29) is 0 Å². The Kier molecular flexibility index (Phi) is 3.16. The summed E-state index contributed by atoms with van der Waals surface area (Å²) in [6.45, 7) is 4.10. The molecule has 1 unspecified atom stereocenters. The van der Waals surface area contributed by atoms with Crippen molar-refractivity contribution in [3.8, 4) is 11.5 Å². The second-order valence-corrected chi connectivity index (χ2v) is 5.48. The number of benzene rings is 1. The van der Waals surface area contributed by atoms with Crippen LogP contribution in [0.15, 0.2) is 12.1 Å². The van der Waals surface area contributed by atoms with E-state index in [1.165, 1.54) is 24.0 Å². The second kappa shape index (κ2) is 4.81. The van der Waals surface area contributed by atoms with Crippen molar-refractivity contribution in [1.82, 2.24) is 5.32 Å². The normalized spacial score (nSPS) is 21.6. The highest BCUT2D eigenvalue weighted by molar-refractivity contribution is 5.48. The molecule has 1 atom stereocenters. The summed E-state index contributed by atoms with van der Waals surface area (Å²) in [6.07, 6.45) is 4.05. The molecule has 98 valence electrons. The lowest BCUT2D eigenvalue weighted by molar-refractivity contribution is 0.254. The van der Waals surface area contributed by atoms with Gasteiger partial charge in [-0.2, -0.15) is 0 Å². The van der Waals surface area contributed by atoms with Crippen LogP contribution in [0, 0.1) is 5.92 Å². The Morgan fingerprint density at radius 2 is 2.22 bits per heavy atom. The van der Waals surface area contributed by atoms with Crippen LogP contribution in [0.4, 0.5) is 0 Å². The zero-order chi connectivity index (χ0) is 12.5. The lowest BCUT2D eigenvalue weighted by atomic mass is 10.1. The number of hydrogen-bond acceptors (Lipinski definition) is 3. The summed E-state index contributed by atoms with van der Waals surface area (Å²) >= 11 is 0. The second-order valence-electron chi connectivity index (χ2n) is 5.48. The minimum atomic E-state index is 0.291. The average molecular weight is 247 g/mol. The van der Waals surface area contributed by atoms with Crippen LogP contribution in [0.25, 0.3) is 0 Å². The molecule has 3 heteroatoms. The number of ether oxygens (including phenoxy) is 2. The van der Waals surface area contributed by atoms with Gasteiger partial charge in [0.1, 0.15) is 17.6 Å². The van der Waals surface area contributed by atoms with Crippen molar-refractivity contribution in [2.75, 3.05) is 13.7 Å². The van der Waals surface area contributed by atoms with Gasteiger partial charge in [-0.25, -0.2) is 0 Å². The first-order valence-electron chi connectivity index (χ1n) is 6.83. The highest BCUT2D eigenvalue weighted by Gasteiger charge is 2.23. The van der Waals surface area contributed by atoms with Crippen molar-refractivity contribution in [2.24, 2.45) is 5.92 Å². The summed E-state index contributed by atoms with van der Waals surface area (Å²) in [7, 11) is 1.74. The molecule has 1 fully saturated rings. The predicted molar refractivity (Wildman–Crippen MR) is 71.2 cm³/mol. The summed E-state index contributed by atoms with van der Waals surface area (Å²) in [5, 5.41) is 3.51. The molecule has 1 heterocycles. The Balaban J connectivity index is 1.72. The van der Waals surface area contributed by atoms with Gasteiger partial charge in [-0.15, -0.1) is 0 Å². The van der Waals surface area contributed by atoms with Crippen molar-refractivity contribution >= 4 is 0 Å². The Morgan fingerprint density at radius 3 is 2.94 bits per heavy atom. The molecule has 0 bridgehead atoms. The lowest BCUT2D eigenvalue weighted by Gasteiger charge is -2.11. The van der Waals surface area contributed by atoms with Crippen molar-refractivity contribution in [2.45, 2.75) is 38.8 Å². The Bertz CT molecular complexity index is 440. The van der Waals surface area contributed by atoms with Gasteiger partial charge in [-0.05, 0) is 44.4 Å². The first kappa shape index (κ1) is 11.8. The molecule has 3 rings (SSSR count). The van der Waals surface area contributed by atoms with Crippen molar-refractivity contribution < 1.29 is 9.47 Å². The third-order valence-corrected chi connectivity index (χ3v) is 3.74. The highest BCUT2D eigenvalue weighted by atomic mass is 16.5. The standard InChI is InChI=1S/C15H21NO2/c1-10-5-12-6-14(17-2)13(7-15(12)18-10)9-16-8-11-3-4-11/h6-7,10-11,16H,3-5,8-9H2,1-2H3. The monoisotopic (exact) mass is 247 g/mol. The summed E-state index contributed by atoms with van der Waals surface area (Å²) in [4.78, 5) is 0. The van der Waals surface area contributed by atoms with E-state index >= 15 is 0 Å². The van der Waals surface area contributed by atoms with Crippen LogP contribution in [-0.2, 0) is 13.0 Å². The van der Waals surface area contributed by atoms with E-state index in [0.29, 0.717) is 6.10 Å². The van der Waals surface area contributed by atoms with Crippen LogP contribution < -0.4 is 14.8 Å². The zero-order valence-electron chi connectivity index (χ0n) is 11.2. The largest absolute Gasteiger partial charge is 0.496 e. The SMILES string of the molecule is COc1cc2c(cc1CNCC1CC1)OC(C)C2. The summed E-state index contributed by atoms with van der Waals surface area (Å²) in [6, 6.07) is 4.27. The molecule has 3 nitrogen and oxygen atoms in total. The molecular weight excluding hydrogens is 226 g/mol. The molecule has 0 radical (unpaired) electrons. The van der Waals surface area contributed by atoms with Crippen LogP contribution in [0.5, 0.6) is 11.5 Å². The molecule has 0 aromatic heterocycles. The number of methoxy groups -OCH3 is 1. The van der Waals surface area contributed by atoms with Gasteiger partial charge in [0.15, 0.2) is 0 Å². The van der Waals surface area contributed by atoms with Crippen molar-refractivity contribution in [1.29, 1.82) is 0 Å². The van der Waals surface area contributed by atoms with Gasteiger partial charge in [-0.3, -0.25) is 0 Å². The van der Waals surface area contributed by atoms with Crippen LogP contribution >= 0.6 is 0 Å². The van der Waals surface area contributed by atoms with E-state index in [1.54, 1.807) is 7.11 Å². The first-order valence-corrected chi connectivity index (χ1v) is 6.83. The summed E-state index contributed by atoms with van der Waals surface area (Å²) in [5.41, 5.74) is 2.47. The molecule has 1 saturated carbocycles. The molecule has 0 spiro atoms. The molecule has 18 heavy (non-hydrogen) atoms. The lowest BCUT2D eigenvalue weighted by Crippen LogP contribution is -2.16. The predicted octanol–water partition coefficient (Wildman–Crippen LogP) is 2.52. The fourth-order valence-electron chi connectivity index (χ4n) is 2.54. The maximum atomic E-state index is 5.80. The van der Waals surface area contributed by atoms with E-state index in [2.05, 4.69) is 24.4 Å². The molecule has 1 aromatic rings. The fraction of sp³-hybridized carbons (Fsp3) is 0.600. The van der Waals surface area contributed by atoms with Gasteiger partial charge in [0, 0.05) is 24.1 Å². The average Bonchev–Trinajstić information content (AvgIpc) is 3.09. The minimum absolute atomic E-state index is 0.291. The molecule has 1 aliphatic heterocycles. The smallest absolute Gasteiger partial charge is 0.123 e. The number of fused-ring (bicyclic) bond motifs is 1. The number of nitrogens with one attached hydrogen (secondary N) is 1. The van der Waals surface area contributed by atoms with Gasteiger partial charge in [0.05, 0.1) is 7.11 Å². The third kappa shape index (κ3) is 2.46. The van der Waals surface area contributed by atoms with Gasteiger partial charge >= 0.3 is 0 Å². The topological polar surface area (TPSA) is 30.5 Å². The van der Waals surface area contributed by atoms with E-state index in [0.717, 1.165) is 36.9 Å². The molecule has 1 aromatic carbocycles. The van der Waals surface area contributed by atoms with Crippen LogP contribution in [0.1, 0.15) is 30.9 Å². The molecule has 1 aliphatic carbocycles. The van der Waals surface area contributed by atoms with Crippen LogP contribution in [0.3, 0.4) is 0 Å². The van der Waals surface area contributed by atoms with Crippen LogP contribution in [-0.4, -0.2) is 19.8 Å². The van der Waals surface area contributed by atoms with E-state index in [1.807, 2.05) is 0 Å². The van der Waals surface area contributed by atoms with Crippen LogP contribution in [0.2, 0.25) is 0 Å². The van der Waals surface area contributed by atoms with Crippen molar-refractivity contribution in [3.63, 3.8) is 0 Å². The van der Waals surface area contributed by atoms with Crippen molar-refractivity contribution in [3.05, 3.63) is 23.3 Å². The quantitative estimate of drug-likeness (QED) is 0.867. The first-order chi connectivity index (χ1) is 8.76.